The largest absolute Gasteiger partial charge is 0.456 e. The Bertz CT molecular complexity index is 3410. The highest BCUT2D eigenvalue weighted by Crippen LogP contribution is 2.54. The molecule has 1 nitrogen and oxygen atoms in total. The van der Waals surface area contributed by atoms with Gasteiger partial charge in [0.2, 0.25) is 0 Å². The van der Waals surface area contributed by atoms with Crippen molar-refractivity contribution in [2.24, 2.45) is 0 Å². The number of hydrogen-bond acceptors (Lipinski definition) is 1. The SMILES string of the molecule is CC1(C)c2ccc3ccccc3c2-c2cccc(-c3cccc(-c4c5ccccc5c(-c5ccc(-c6ccc7oc8ccccc8c7c6)cc5)c5ccccc45)c3)c21. The molecule has 1 aromatic heterocycles. The molecular weight excluding hydrogens is 701 g/mol. The molecule has 58 heavy (non-hydrogen) atoms. The molecule has 0 atom stereocenters. The third-order valence-electron chi connectivity index (χ3n) is 12.8. The molecule has 0 saturated carbocycles. The average molecular weight is 739 g/mol. The van der Waals surface area contributed by atoms with Gasteiger partial charge in [0.05, 0.1) is 0 Å². The Morgan fingerprint density at radius 3 is 1.62 bits per heavy atom. The molecule has 272 valence electrons. The normalized spacial score (nSPS) is 13.1. The minimum atomic E-state index is -0.141. The van der Waals surface area contributed by atoms with Crippen molar-refractivity contribution < 1.29 is 4.42 Å². The Kier molecular flexibility index (Phi) is 7.04. The lowest BCUT2D eigenvalue weighted by Crippen LogP contribution is -2.16. The lowest BCUT2D eigenvalue weighted by Gasteiger charge is -2.25. The number of furan rings is 1. The summed E-state index contributed by atoms with van der Waals surface area (Å²) in [5.41, 5.74) is 17.1. The van der Waals surface area contributed by atoms with Gasteiger partial charge < -0.3 is 4.42 Å². The summed E-state index contributed by atoms with van der Waals surface area (Å²) < 4.78 is 6.12. The molecule has 12 rings (SSSR count). The molecule has 1 aliphatic carbocycles. The first-order chi connectivity index (χ1) is 28.5. The van der Waals surface area contributed by atoms with Crippen LogP contribution in [0.15, 0.2) is 199 Å². The Balaban J connectivity index is 0.999. The molecule has 1 aliphatic rings. The second-order valence-corrected chi connectivity index (χ2v) is 16.4. The van der Waals surface area contributed by atoms with E-state index in [0.29, 0.717) is 0 Å². The monoisotopic (exact) mass is 738 g/mol. The molecule has 0 spiro atoms. The molecule has 0 bridgehead atoms. The average Bonchev–Trinajstić information content (AvgIpc) is 3.77. The van der Waals surface area contributed by atoms with Gasteiger partial charge in [-0.25, -0.2) is 0 Å². The van der Waals surface area contributed by atoms with E-state index in [2.05, 4.69) is 196 Å². The van der Waals surface area contributed by atoms with Gasteiger partial charge in [-0.2, -0.15) is 0 Å². The number of fused-ring (bicyclic) bond motifs is 10. The van der Waals surface area contributed by atoms with E-state index in [-0.39, 0.29) is 5.41 Å². The predicted molar refractivity (Wildman–Crippen MR) is 246 cm³/mol. The van der Waals surface area contributed by atoms with E-state index in [1.54, 1.807) is 0 Å². The molecule has 11 aromatic rings. The molecule has 0 aliphatic heterocycles. The van der Waals surface area contributed by atoms with Crippen molar-refractivity contribution in [2.75, 3.05) is 0 Å². The van der Waals surface area contributed by atoms with Crippen molar-refractivity contribution in [1.82, 2.24) is 0 Å². The van der Waals surface area contributed by atoms with Crippen LogP contribution in [0.5, 0.6) is 0 Å². The Labute approximate surface area is 337 Å². The summed E-state index contributed by atoms with van der Waals surface area (Å²) >= 11 is 0. The highest BCUT2D eigenvalue weighted by molar-refractivity contribution is 6.21. The van der Waals surface area contributed by atoms with Crippen LogP contribution >= 0.6 is 0 Å². The van der Waals surface area contributed by atoms with Crippen LogP contribution in [-0.2, 0) is 5.41 Å². The highest BCUT2D eigenvalue weighted by Gasteiger charge is 2.38. The first kappa shape index (κ1) is 33.0. The smallest absolute Gasteiger partial charge is 0.135 e. The predicted octanol–water partition coefficient (Wildman–Crippen LogP) is 16.0. The molecule has 10 aromatic carbocycles. The number of rotatable bonds is 4. The van der Waals surface area contributed by atoms with E-state index in [1.165, 1.54) is 99.1 Å². The summed E-state index contributed by atoms with van der Waals surface area (Å²) in [5, 5.41) is 9.93. The van der Waals surface area contributed by atoms with E-state index in [0.717, 1.165) is 21.9 Å². The lowest BCUT2D eigenvalue weighted by atomic mass is 9.78. The molecule has 0 unspecified atom stereocenters. The standard InChI is InChI=1S/C57H38O/c1-57(2)50-31-29-36-13-3-4-16-41(36)55(50)48-23-12-22-42(56(48)57)39-14-11-15-40(33-39)54-46-20-7-5-18-44(46)53(45-19-6-8-21-47(45)54)37-27-25-35(26-28-37)38-30-32-52-49(34-38)43-17-9-10-24-51(43)58-52/h3-34H,1-2H3. The third kappa shape index (κ3) is 4.77. The van der Waals surface area contributed by atoms with Gasteiger partial charge in [-0.1, -0.05) is 184 Å². The number of hydrogen-bond donors (Lipinski definition) is 0. The Hall–Kier alpha value is -7.22. The molecular formula is C57H38O. The molecule has 0 radical (unpaired) electrons. The highest BCUT2D eigenvalue weighted by atomic mass is 16.3. The van der Waals surface area contributed by atoms with Gasteiger partial charge in [0.1, 0.15) is 11.2 Å². The fourth-order valence-electron chi connectivity index (χ4n) is 10.2. The van der Waals surface area contributed by atoms with Crippen molar-refractivity contribution in [1.29, 1.82) is 0 Å². The van der Waals surface area contributed by atoms with Gasteiger partial charge in [-0.3, -0.25) is 0 Å². The maximum Gasteiger partial charge on any atom is 0.135 e. The van der Waals surface area contributed by atoms with Crippen LogP contribution in [0.2, 0.25) is 0 Å². The van der Waals surface area contributed by atoms with E-state index < -0.39 is 0 Å². The van der Waals surface area contributed by atoms with E-state index in [1.807, 2.05) is 12.1 Å². The van der Waals surface area contributed by atoms with Gasteiger partial charge in [-0.15, -0.1) is 0 Å². The quantitative estimate of drug-likeness (QED) is 0.164. The second-order valence-electron chi connectivity index (χ2n) is 16.4. The van der Waals surface area contributed by atoms with Crippen molar-refractivity contribution in [3.05, 3.63) is 205 Å². The molecule has 0 amide bonds. The first-order valence-electron chi connectivity index (χ1n) is 20.3. The zero-order valence-electron chi connectivity index (χ0n) is 32.4. The molecule has 0 saturated heterocycles. The molecule has 0 fully saturated rings. The summed E-state index contributed by atoms with van der Waals surface area (Å²) in [5.74, 6) is 0. The van der Waals surface area contributed by atoms with Crippen LogP contribution in [-0.4, -0.2) is 0 Å². The topological polar surface area (TPSA) is 13.1 Å². The fraction of sp³-hybridized carbons (Fsp3) is 0.0526. The Morgan fingerprint density at radius 1 is 0.328 bits per heavy atom. The van der Waals surface area contributed by atoms with E-state index in [4.69, 9.17) is 4.42 Å². The van der Waals surface area contributed by atoms with Crippen molar-refractivity contribution >= 4 is 54.3 Å². The number of benzene rings is 10. The zero-order valence-corrected chi connectivity index (χ0v) is 32.4. The fourth-order valence-corrected chi connectivity index (χ4v) is 10.2. The van der Waals surface area contributed by atoms with Crippen LogP contribution < -0.4 is 0 Å². The number of para-hydroxylation sites is 1. The van der Waals surface area contributed by atoms with Crippen LogP contribution in [0.1, 0.15) is 25.0 Å². The third-order valence-corrected chi connectivity index (χ3v) is 12.8. The summed E-state index contributed by atoms with van der Waals surface area (Å²) in [4.78, 5) is 0. The van der Waals surface area contributed by atoms with E-state index >= 15 is 0 Å². The summed E-state index contributed by atoms with van der Waals surface area (Å²) in [6, 6.07) is 71.4. The first-order valence-corrected chi connectivity index (χ1v) is 20.3. The van der Waals surface area contributed by atoms with Crippen LogP contribution in [0.25, 0.3) is 110 Å². The van der Waals surface area contributed by atoms with E-state index in [9.17, 15) is 0 Å². The van der Waals surface area contributed by atoms with Gasteiger partial charge in [0.25, 0.3) is 0 Å². The summed E-state index contributed by atoms with van der Waals surface area (Å²) in [6.45, 7) is 4.79. The minimum absolute atomic E-state index is 0.141. The maximum absolute atomic E-state index is 6.12. The lowest BCUT2D eigenvalue weighted by molar-refractivity contribution is 0.662. The second kappa shape index (κ2) is 12.4. The summed E-state index contributed by atoms with van der Waals surface area (Å²) in [7, 11) is 0. The summed E-state index contributed by atoms with van der Waals surface area (Å²) in [6.07, 6.45) is 0. The van der Waals surface area contributed by atoms with Gasteiger partial charge in [-0.05, 0) is 123 Å². The van der Waals surface area contributed by atoms with Crippen molar-refractivity contribution in [3.8, 4) is 55.6 Å². The molecule has 1 heterocycles. The van der Waals surface area contributed by atoms with Gasteiger partial charge in [0, 0.05) is 16.2 Å². The van der Waals surface area contributed by atoms with Gasteiger partial charge >= 0.3 is 0 Å². The van der Waals surface area contributed by atoms with Gasteiger partial charge in [0.15, 0.2) is 0 Å². The van der Waals surface area contributed by atoms with Crippen LogP contribution in [0.3, 0.4) is 0 Å². The zero-order chi connectivity index (χ0) is 38.5. The molecule has 0 N–H and O–H groups in total. The minimum Gasteiger partial charge on any atom is -0.456 e. The van der Waals surface area contributed by atoms with Crippen LogP contribution in [0, 0.1) is 0 Å². The van der Waals surface area contributed by atoms with Crippen LogP contribution in [0.4, 0.5) is 0 Å². The van der Waals surface area contributed by atoms with Crippen molar-refractivity contribution in [2.45, 2.75) is 19.3 Å². The molecule has 1 heteroatoms. The van der Waals surface area contributed by atoms with Crippen molar-refractivity contribution in [3.63, 3.8) is 0 Å². The Morgan fingerprint density at radius 2 is 0.879 bits per heavy atom. The maximum atomic E-state index is 6.12.